The van der Waals surface area contributed by atoms with Crippen LogP contribution in [0.15, 0.2) is 35.2 Å². The van der Waals surface area contributed by atoms with Gasteiger partial charge in [0.05, 0.1) is 11.2 Å². The lowest BCUT2D eigenvalue weighted by molar-refractivity contribution is -0.00555. The molecule has 4 aliphatic rings. The normalized spacial score (nSPS) is 28.6. The van der Waals surface area contributed by atoms with Crippen LogP contribution in [0.3, 0.4) is 0 Å². The van der Waals surface area contributed by atoms with E-state index in [9.17, 15) is 4.79 Å². The smallest absolute Gasteiger partial charge is 0.257 e. The van der Waals surface area contributed by atoms with Crippen LogP contribution in [-0.4, -0.2) is 21.1 Å². The van der Waals surface area contributed by atoms with Gasteiger partial charge in [0.15, 0.2) is 0 Å². The van der Waals surface area contributed by atoms with Crippen LogP contribution in [0.5, 0.6) is 5.75 Å². The van der Waals surface area contributed by atoms with E-state index >= 15 is 0 Å². The summed E-state index contributed by atoms with van der Waals surface area (Å²) in [6.07, 6.45) is 7.99. The molecule has 4 fully saturated rings. The molecule has 2 aromatic heterocycles. The van der Waals surface area contributed by atoms with Gasteiger partial charge in [-0.05, 0) is 80.5 Å². The number of nitrogens with one attached hydrogen (secondary N) is 1. The zero-order valence-electron chi connectivity index (χ0n) is 17.1. The van der Waals surface area contributed by atoms with E-state index in [1.807, 2.05) is 17.5 Å². The Labute approximate surface area is 189 Å². The van der Waals surface area contributed by atoms with Gasteiger partial charge in [-0.25, -0.2) is 4.98 Å². The number of nitrogens with zero attached hydrogens (tertiary/aromatic N) is 3. The second kappa shape index (κ2) is 7.67. The third kappa shape index (κ3) is 3.76. The Kier molecular flexibility index (Phi) is 4.79. The van der Waals surface area contributed by atoms with Crippen molar-refractivity contribution in [2.24, 2.45) is 17.8 Å². The quantitative estimate of drug-likeness (QED) is 0.550. The van der Waals surface area contributed by atoms with Crippen molar-refractivity contribution < 1.29 is 9.53 Å². The van der Waals surface area contributed by atoms with E-state index in [2.05, 4.69) is 20.5 Å². The van der Waals surface area contributed by atoms with E-state index in [0.29, 0.717) is 23.1 Å². The van der Waals surface area contributed by atoms with Gasteiger partial charge < -0.3 is 4.74 Å². The lowest BCUT2D eigenvalue weighted by Crippen LogP contribution is -2.48. The summed E-state index contributed by atoms with van der Waals surface area (Å²) in [7, 11) is 0. The van der Waals surface area contributed by atoms with Gasteiger partial charge in [0.25, 0.3) is 5.91 Å². The molecule has 4 bridgehead atoms. The molecule has 160 valence electrons. The van der Waals surface area contributed by atoms with E-state index in [1.54, 1.807) is 40.3 Å². The number of rotatable bonds is 6. The summed E-state index contributed by atoms with van der Waals surface area (Å²) in [5.41, 5.74) is 3.48. The molecule has 31 heavy (non-hydrogen) atoms. The standard InChI is InChI=1S/C23H24N4O2S2/c28-20(17-1-3-19(4-2-17)29-11-18-12-30-13-24-18)25-22-27-26-21(31-22)23-8-14-5-15(9-23)7-16(6-14)10-23/h1-4,12-16H,5-11H2,(H,25,27,28). The largest absolute Gasteiger partial charge is 0.487 e. The van der Waals surface area contributed by atoms with Gasteiger partial charge in [0.1, 0.15) is 17.4 Å². The fourth-order valence-corrected chi connectivity index (χ4v) is 7.70. The Hall–Kier alpha value is -2.32. The molecule has 1 amide bonds. The average molecular weight is 453 g/mol. The van der Waals surface area contributed by atoms with Crippen LogP contribution in [-0.2, 0) is 12.0 Å². The number of benzene rings is 1. The van der Waals surface area contributed by atoms with E-state index < -0.39 is 0 Å². The molecule has 3 aromatic rings. The Bertz CT molecular complexity index is 1040. The predicted octanol–water partition coefficient (Wildman–Crippen LogP) is 5.29. The molecule has 0 unspecified atom stereocenters. The molecule has 0 radical (unpaired) electrons. The first-order valence-corrected chi connectivity index (χ1v) is 12.7. The van der Waals surface area contributed by atoms with Crippen molar-refractivity contribution in [3.63, 3.8) is 0 Å². The van der Waals surface area contributed by atoms with E-state index in [1.165, 1.54) is 38.5 Å². The summed E-state index contributed by atoms with van der Waals surface area (Å²) in [5, 5.41) is 15.5. The van der Waals surface area contributed by atoms with E-state index in [0.717, 1.165) is 28.5 Å². The molecule has 8 heteroatoms. The summed E-state index contributed by atoms with van der Waals surface area (Å²) in [5.74, 6) is 3.14. The van der Waals surface area contributed by atoms with E-state index in [-0.39, 0.29) is 11.3 Å². The van der Waals surface area contributed by atoms with Crippen LogP contribution >= 0.6 is 22.7 Å². The lowest BCUT2D eigenvalue weighted by Gasteiger charge is -2.55. The number of amides is 1. The summed E-state index contributed by atoms with van der Waals surface area (Å²) < 4.78 is 5.72. The number of thiazole rings is 1. The highest BCUT2D eigenvalue weighted by molar-refractivity contribution is 7.15. The number of hydrogen-bond acceptors (Lipinski definition) is 7. The molecular formula is C23H24N4O2S2. The van der Waals surface area contributed by atoms with Crippen LogP contribution in [0.2, 0.25) is 0 Å². The monoisotopic (exact) mass is 452 g/mol. The molecule has 0 saturated heterocycles. The van der Waals surface area contributed by atoms with Gasteiger partial charge in [-0.1, -0.05) is 11.3 Å². The second-order valence-corrected chi connectivity index (χ2v) is 11.1. The van der Waals surface area contributed by atoms with Gasteiger partial charge >= 0.3 is 0 Å². The lowest BCUT2D eigenvalue weighted by atomic mass is 9.50. The molecule has 6 nitrogen and oxygen atoms in total. The van der Waals surface area contributed by atoms with Crippen LogP contribution in [0.4, 0.5) is 5.13 Å². The molecule has 0 aliphatic heterocycles. The van der Waals surface area contributed by atoms with Gasteiger partial charge in [-0.15, -0.1) is 21.5 Å². The van der Waals surface area contributed by atoms with Gasteiger partial charge in [-0.2, -0.15) is 0 Å². The van der Waals surface area contributed by atoms with Crippen molar-refractivity contribution in [2.45, 2.75) is 50.5 Å². The second-order valence-electron chi connectivity index (χ2n) is 9.36. The highest BCUT2D eigenvalue weighted by atomic mass is 32.1. The Balaban J connectivity index is 1.11. The van der Waals surface area contributed by atoms with E-state index in [4.69, 9.17) is 4.74 Å². The minimum atomic E-state index is -0.167. The molecule has 4 saturated carbocycles. The number of ether oxygens (including phenoxy) is 1. The number of anilines is 1. The maximum absolute atomic E-state index is 12.7. The Morgan fingerprint density at radius 3 is 2.42 bits per heavy atom. The highest BCUT2D eigenvalue weighted by Gasteiger charge is 2.53. The SMILES string of the molecule is O=C(Nc1nnc(C23CC4CC(CC(C4)C2)C3)s1)c1ccc(OCc2cscn2)cc1. The zero-order chi connectivity index (χ0) is 20.8. The number of hydrogen-bond donors (Lipinski definition) is 1. The Morgan fingerprint density at radius 1 is 1.06 bits per heavy atom. The average Bonchev–Trinajstić information content (AvgIpc) is 3.44. The minimum Gasteiger partial charge on any atom is -0.487 e. The summed E-state index contributed by atoms with van der Waals surface area (Å²) in [6.45, 7) is 0.424. The van der Waals surface area contributed by atoms with Crippen molar-refractivity contribution in [1.82, 2.24) is 15.2 Å². The predicted molar refractivity (Wildman–Crippen MR) is 121 cm³/mol. The van der Waals surface area contributed by atoms with Gasteiger partial charge in [0.2, 0.25) is 5.13 Å². The van der Waals surface area contributed by atoms with Crippen molar-refractivity contribution in [1.29, 1.82) is 0 Å². The summed E-state index contributed by atoms with van der Waals surface area (Å²) in [4.78, 5) is 16.9. The molecular weight excluding hydrogens is 428 g/mol. The first kappa shape index (κ1) is 19.4. The van der Waals surface area contributed by atoms with Crippen LogP contribution < -0.4 is 10.1 Å². The van der Waals surface area contributed by atoms with Crippen molar-refractivity contribution in [3.8, 4) is 5.75 Å². The topological polar surface area (TPSA) is 77.0 Å². The van der Waals surface area contributed by atoms with Gasteiger partial charge in [-0.3, -0.25) is 10.1 Å². The minimum absolute atomic E-state index is 0.167. The van der Waals surface area contributed by atoms with Crippen LogP contribution in [0.1, 0.15) is 59.6 Å². The molecule has 1 aromatic carbocycles. The van der Waals surface area contributed by atoms with Crippen LogP contribution in [0, 0.1) is 17.8 Å². The van der Waals surface area contributed by atoms with Crippen molar-refractivity contribution >= 4 is 33.7 Å². The van der Waals surface area contributed by atoms with Crippen molar-refractivity contribution in [3.05, 3.63) is 51.4 Å². The maximum atomic E-state index is 12.7. The number of aromatic nitrogens is 3. The maximum Gasteiger partial charge on any atom is 0.257 e. The first-order valence-electron chi connectivity index (χ1n) is 10.9. The number of carbonyl (C=O) groups is 1. The summed E-state index contributed by atoms with van der Waals surface area (Å²) >= 11 is 3.11. The molecule has 0 spiro atoms. The molecule has 7 rings (SSSR count). The number of carbonyl (C=O) groups excluding carboxylic acids is 1. The van der Waals surface area contributed by atoms with Crippen molar-refractivity contribution in [2.75, 3.05) is 5.32 Å². The van der Waals surface area contributed by atoms with Gasteiger partial charge in [0, 0.05) is 16.4 Å². The third-order valence-corrected chi connectivity index (χ3v) is 8.84. The van der Waals surface area contributed by atoms with Crippen LogP contribution in [0.25, 0.3) is 0 Å². The fourth-order valence-electron chi connectivity index (χ4n) is 6.20. The molecule has 0 atom stereocenters. The molecule has 1 N–H and O–H groups in total. The molecule has 2 heterocycles. The first-order chi connectivity index (χ1) is 15.1. The highest BCUT2D eigenvalue weighted by Crippen LogP contribution is 2.61. The zero-order valence-corrected chi connectivity index (χ0v) is 18.8. The molecule has 4 aliphatic carbocycles. The summed E-state index contributed by atoms with van der Waals surface area (Å²) in [6, 6.07) is 7.16. The third-order valence-electron chi connectivity index (χ3n) is 7.12. The Morgan fingerprint density at radius 2 is 1.77 bits per heavy atom. The fraction of sp³-hybridized carbons (Fsp3) is 0.478.